The molecule has 2 aromatic rings. The molecule has 0 amide bonds. The SMILES string of the molecule is CCc1nn(CC)c(CNCc2nc(C)c(C)o2)c1Br. The molecule has 0 spiro atoms. The van der Waals surface area contributed by atoms with Crippen molar-refractivity contribution >= 4 is 15.9 Å². The van der Waals surface area contributed by atoms with Gasteiger partial charge in [-0.25, -0.2) is 4.98 Å². The summed E-state index contributed by atoms with van der Waals surface area (Å²) in [5.74, 6) is 1.62. The summed E-state index contributed by atoms with van der Waals surface area (Å²) in [4.78, 5) is 4.36. The Morgan fingerprint density at radius 3 is 2.55 bits per heavy atom. The van der Waals surface area contributed by atoms with Gasteiger partial charge in [-0.15, -0.1) is 0 Å². The van der Waals surface area contributed by atoms with E-state index in [1.165, 1.54) is 5.69 Å². The minimum absolute atomic E-state index is 0.622. The summed E-state index contributed by atoms with van der Waals surface area (Å²) in [6.45, 7) is 10.3. The first kappa shape index (κ1) is 15.3. The summed E-state index contributed by atoms with van der Waals surface area (Å²) in [6.07, 6.45) is 0.929. The Labute approximate surface area is 127 Å². The largest absolute Gasteiger partial charge is 0.444 e. The maximum absolute atomic E-state index is 5.56. The number of nitrogens with one attached hydrogen (secondary N) is 1. The Balaban J connectivity index is 2.02. The molecule has 0 aliphatic heterocycles. The predicted octanol–water partition coefficient (Wildman–Crippen LogP) is 3.12. The minimum atomic E-state index is 0.622. The van der Waals surface area contributed by atoms with Gasteiger partial charge >= 0.3 is 0 Å². The van der Waals surface area contributed by atoms with E-state index in [9.17, 15) is 0 Å². The van der Waals surface area contributed by atoms with Crippen LogP contribution in [0, 0.1) is 13.8 Å². The third kappa shape index (κ3) is 3.12. The molecule has 0 unspecified atom stereocenters. The lowest BCUT2D eigenvalue weighted by Crippen LogP contribution is -2.16. The average molecular weight is 341 g/mol. The van der Waals surface area contributed by atoms with E-state index in [1.807, 2.05) is 18.5 Å². The van der Waals surface area contributed by atoms with E-state index >= 15 is 0 Å². The molecular weight excluding hydrogens is 320 g/mol. The fourth-order valence-corrected chi connectivity index (χ4v) is 2.79. The first-order valence-electron chi connectivity index (χ1n) is 6.94. The number of hydrogen-bond acceptors (Lipinski definition) is 4. The van der Waals surface area contributed by atoms with Crippen molar-refractivity contribution in [2.24, 2.45) is 0 Å². The smallest absolute Gasteiger partial charge is 0.208 e. The van der Waals surface area contributed by atoms with Crippen LogP contribution >= 0.6 is 15.9 Å². The van der Waals surface area contributed by atoms with Crippen LogP contribution in [0.2, 0.25) is 0 Å². The highest BCUT2D eigenvalue weighted by Crippen LogP contribution is 2.22. The first-order valence-corrected chi connectivity index (χ1v) is 7.73. The molecule has 0 aromatic carbocycles. The highest BCUT2D eigenvalue weighted by Gasteiger charge is 2.13. The van der Waals surface area contributed by atoms with Crippen molar-refractivity contribution in [3.8, 4) is 0 Å². The van der Waals surface area contributed by atoms with E-state index in [0.29, 0.717) is 6.54 Å². The zero-order valence-corrected chi connectivity index (χ0v) is 14.0. The van der Waals surface area contributed by atoms with Crippen LogP contribution in [-0.2, 0) is 26.1 Å². The van der Waals surface area contributed by atoms with Crippen molar-refractivity contribution in [3.05, 3.63) is 33.2 Å². The molecule has 2 rings (SSSR count). The van der Waals surface area contributed by atoms with Gasteiger partial charge in [0.2, 0.25) is 5.89 Å². The van der Waals surface area contributed by atoms with Gasteiger partial charge in [0.05, 0.1) is 28.1 Å². The van der Waals surface area contributed by atoms with Crippen molar-refractivity contribution in [1.82, 2.24) is 20.1 Å². The number of rotatable bonds is 6. The number of aromatic nitrogens is 3. The lowest BCUT2D eigenvalue weighted by atomic mass is 10.3. The van der Waals surface area contributed by atoms with Gasteiger partial charge in [-0.05, 0) is 43.1 Å². The molecule has 6 heteroatoms. The second kappa shape index (κ2) is 6.54. The summed E-state index contributed by atoms with van der Waals surface area (Å²) >= 11 is 3.64. The molecule has 0 radical (unpaired) electrons. The molecular formula is C14H21BrN4O. The molecule has 0 fully saturated rings. The third-order valence-corrected chi connectivity index (χ3v) is 4.25. The highest BCUT2D eigenvalue weighted by molar-refractivity contribution is 9.10. The third-order valence-electron chi connectivity index (χ3n) is 3.34. The Hall–Kier alpha value is -1.14. The standard InChI is InChI=1S/C14H21BrN4O/c1-5-11-14(15)12(19(6-2)18-11)7-16-8-13-17-9(3)10(4)20-13/h16H,5-8H2,1-4H3. The minimum Gasteiger partial charge on any atom is -0.444 e. The number of halogens is 1. The van der Waals surface area contributed by atoms with E-state index in [0.717, 1.165) is 47.0 Å². The molecule has 0 bridgehead atoms. The average Bonchev–Trinajstić information content (AvgIpc) is 2.91. The number of aryl methyl sites for hydroxylation is 4. The molecule has 0 saturated carbocycles. The van der Waals surface area contributed by atoms with Crippen LogP contribution in [0.4, 0.5) is 0 Å². The maximum atomic E-state index is 5.56. The first-order chi connectivity index (χ1) is 9.56. The fraction of sp³-hybridized carbons (Fsp3) is 0.571. The van der Waals surface area contributed by atoms with Crippen LogP contribution in [0.25, 0.3) is 0 Å². The van der Waals surface area contributed by atoms with Crippen LogP contribution in [-0.4, -0.2) is 14.8 Å². The van der Waals surface area contributed by atoms with Crippen LogP contribution in [0.1, 0.15) is 42.6 Å². The zero-order chi connectivity index (χ0) is 14.7. The van der Waals surface area contributed by atoms with Gasteiger partial charge in [0, 0.05) is 13.1 Å². The van der Waals surface area contributed by atoms with Crippen molar-refractivity contribution < 1.29 is 4.42 Å². The topological polar surface area (TPSA) is 55.9 Å². The molecule has 0 aliphatic rings. The zero-order valence-electron chi connectivity index (χ0n) is 12.5. The molecule has 20 heavy (non-hydrogen) atoms. The van der Waals surface area contributed by atoms with Crippen molar-refractivity contribution in [1.29, 1.82) is 0 Å². The van der Waals surface area contributed by atoms with E-state index in [-0.39, 0.29) is 0 Å². The summed E-state index contributed by atoms with van der Waals surface area (Å²) in [5.41, 5.74) is 3.23. The van der Waals surface area contributed by atoms with Crippen LogP contribution in [0.15, 0.2) is 8.89 Å². The summed E-state index contributed by atoms with van der Waals surface area (Å²) in [5, 5.41) is 7.95. The number of nitrogens with zero attached hydrogens (tertiary/aromatic N) is 3. The predicted molar refractivity (Wildman–Crippen MR) is 81.5 cm³/mol. The van der Waals surface area contributed by atoms with Gasteiger partial charge in [-0.2, -0.15) is 5.10 Å². The van der Waals surface area contributed by atoms with Gasteiger partial charge in [0.25, 0.3) is 0 Å². The Bertz CT molecular complexity index is 569. The van der Waals surface area contributed by atoms with E-state index in [4.69, 9.17) is 4.42 Å². The number of oxazole rings is 1. The maximum Gasteiger partial charge on any atom is 0.208 e. The van der Waals surface area contributed by atoms with Crippen LogP contribution in [0.3, 0.4) is 0 Å². The van der Waals surface area contributed by atoms with Gasteiger partial charge in [-0.1, -0.05) is 6.92 Å². The Morgan fingerprint density at radius 1 is 1.25 bits per heavy atom. The molecule has 0 saturated heterocycles. The summed E-state index contributed by atoms with van der Waals surface area (Å²) in [6, 6.07) is 0. The molecule has 110 valence electrons. The fourth-order valence-electron chi connectivity index (χ4n) is 2.09. The van der Waals surface area contributed by atoms with E-state index in [2.05, 4.69) is 45.2 Å². The Morgan fingerprint density at radius 2 is 2.00 bits per heavy atom. The molecule has 2 aromatic heterocycles. The van der Waals surface area contributed by atoms with E-state index in [1.54, 1.807) is 0 Å². The van der Waals surface area contributed by atoms with Gasteiger partial charge in [-0.3, -0.25) is 4.68 Å². The second-order valence-electron chi connectivity index (χ2n) is 4.73. The Kier molecular flexibility index (Phi) is 4.99. The lowest BCUT2D eigenvalue weighted by Gasteiger charge is -2.06. The monoisotopic (exact) mass is 340 g/mol. The highest BCUT2D eigenvalue weighted by atomic mass is 79.9. The quantitative estimate of drug-likeness (QED) is 0.877. The van der Waals surface area contributed by atoms with Crippen LogP contribution in [0.5, 0.6) is 0 Å². The van der Waals surface area contributed by atoms with Crippen molar-refractivity contribution in [2.45, 2.75) is 53.8 Å². The normalized spacial score (nSPS) is 11.2. The molecule has 2 heterocycles. The molecule has 0 aliphatic carbocycles. The van der Waals surface area contributed by atoms with Crippen LogP contribution < -0.4 is 5.32 Å². The van der Waals surface area contributed by atoms with Gasteiger partial charge < -0.3 is 9.73 Å². The lowest BCUT2D eigenvalue weighted by molar-refractivity contribution is 0.444. The van der Waals surface area contributed by atoms with Crippen molar-refractivity contribution in [3.63, 3.8) is 0 Å². The molecule has 0 atom stereocenters. The van der Waals surface area contributed by atoms with Gasteiger partial charge in [0.15, 0.2) is 0 Å². The second-order valence-corrected chi connectivity index (χ2v) is 5.52. The van der Waals surface area contributed by atoms with Crippen molar-refractivity contribution in [2.75, 3.05) is 0 Å². The summed E-state index contributed by atoms with van der Waals surface area (Å²) < 4.78 is 8.69. The number of hydrogen-bond donors (Lipinski definition) is 1. The molecule has 5 nitrogen and oxygen atoms in total. The van der Waals surface area contributed by atoms with Gasteiger partial charge in [0.1, 0.15) is 5.76 Å². The van der Waals surface area contributed by atoms with E-state index < -0.39 is 0 Å². The summed E-state index contributed by atoms with van der Waals surface area (Å²) in [7, 11) is 0. The molecule has 1 N–H and O–H groups in total.